The molecule has 5 nitrogen and oxygen atoms in total. The summed E-state index contributed by atoms with van der Waals surface area (Å²) in [6.07, 6.45) is 5.55. The van der Waals surface area contributed by atoms with Gasteiger partial charge in [0.05, 0.1) is 16.7 Å². The Bertz CT molecular complexity index is 755. The van der Waals surface area contributed by atoms with Gasteiger partial charge >= 0.3 is 0 Å². The maximum Gasteiger partial charge on any atom is 0.198 e. The molecule has 1 N–H and O–H groups in total. The Balaban J connectivity index is 1.37. The van der Waals surface area contributed by atoms with E-state index in [0.717, 1.165) is 54.6 Å². The number of nitrogens with one attached hydrogen (secondary N) is 1. The number of hydrogen-bond donors (Lipinski definition) is 1. The van der Waals surface area contributed by atoms with Gasteiger partial charge < -0.3 is 9.51 Å². The molecule has 0 amide bonds. The highest BCUT2D eigenvalue weighted by atomic mass is 16.5. The number of hydrogen-bond acceptors (Lipinski definition) is 4. The number of rotatable bonds is 8. The van der Waals surface area contributed by atoms with Crippen molar-refractivity contribution in [2.24, 2.45) is 0 Å². The van der Waals surface area contributed by atoms with Crippen LogP contribution in [0.25, 0.3) is 11.0 Å². The highest BCUT2D eigenvalue weighted by molar-refractivity contribution is 5.95. The minimum absolute atomic E-state index is 0.0899. The van der Waals surface area contributed by atoms with Crippen molar-refractivity contribution in [1.29, 1.82) is 0 Å². The van der Waals surface area contributed by atoms with Gasteiger partial charge in [0.25, 0.3) is 0 Å². The summed E-state index contributed by atoms with van der Waals surface area (Å²) in [5.41, 5.74) is 2.69. The molecule has 3 aromatic rings. The molecule has 0 atom stereocenters. The van der Waals surface area contributed by atoms with Crippen molar-refractivity contribution in [3.63, 3.8) is 0 Å². The van der Waals surface area contributed by atoms with E-state index in [1.807, 2.05) is 37.3 Å². The molecular formula is C18H21N3O2. The average molecular weight is 311 g/mol. The largest absolute Gasteiger partial charge is 0.361 e. The van der Waals surface area contributed by atoms with Crippen LogP contribution < -0.4 is 0 Å². The van der Waals surface area contributed by atoms with Gasteiger partial charge in [-0.25, -0.2) is 4.98 Å². The van der Waals surface area contributed by atoms with Crippen LogP contribution in [0.5, 0.6) is 0 Å². The number of unbranched alkanes of at least 4 members (excludes halogenated alkanes) is 3. The minimum Gasteiger partial charge on any atom is -0.361 e. The number of Topliss-reactive ketones (excluding diaryl/α,β-unsaturated/α-hetero) is 1. The fourth-order valence-electron chi connectivity index (χ4n) is 2.68. The monoisotopic (exact) mass is 311 g/mol. The highest BCUT2D eigenvalue weighted by Gasteiger charge is 2.10. The number of carbonyl (C=O) groups is 1. The predicted octanol–water partition coefficient (Wildman–Crippen LogP) is 4.24. The standard InChI is InChI=1S/C18H21N3O2/c1-13-12-14(23-21-13)8-4-2-3-5-11-17(22)18-19-15-9-6-7-10-16(15)20-18/h6-7,9-10,12H,2-5,8,11H2,1H3,(H,19,20). The summed E-state index contributed by atoms with van der Waals surface area (Å²) in [5.74, 6) is 1.51. The molecule has 2 aromatic heterocycles. The number of nitrogens with zero attached hydrogens (tertiary/aromatic N) is 2. The first kappa shape index (κ1) is 15.5. The molecule has 0 spiro atoms. The van der Waals surface area contributed by atoms with Gasteiger partial charge in [-0.05, 0) is 31.9 Å². The van der Waals surface area contributed by atoms with E-state index < -0.39 is 0 Å². The van der Waals surface area contributed by atoms with Crippen molar-refractivity contribution in [3.8, 4) is 0 Å². The van der Waals surface area contributed by atoms with Gasteiger partial charge in [-0.3, -0.25) is 4.79 Å². The molecule has 0 bridgehead atoms. The third-order valence-electron chi connectivity index (χ3n) is 3.91. The van der Waals surface area contributed by atoms with Crippen LogP contribution in [0.2, 0.25) is 0 Å². The maximum atomic E-state index is 12.2. The van der Waals surface area contributed by atoms with Crippen molar-refractivity contribution < 1.29 is 9.32 Å². The second-order valence-corrected chi connectivity index (χ2v) is 5.87. The predicted molar refractivity (Wildman–Crippen MR) is 88.5 cm³/mol. The van der Waals surface area contributed by atoms with Gasteiger partial charge in [0, 0.05) is 18.9 Å². The lowest BCUT2D eigenvalue weighted by Gasteiger charge is -1.99. The maximum absolute atomic E-state index is 12.2. The van der Waals surface area contributed by atoms with Gasteiger partial charge in [0.1, 0.15) is 5.76 Å². The Morgan fingerprint density at radius 3 is 2.78 bits per heavy atom. The number of fused-ring (bicyclic) bond motifs is 1. The first-order chi connectivity index (χ1) is 11.2. The molecule has 0 saturated carbocycles. The summed E-state index contributed by atoms with van der Waals surface area (Å²) < 4.78 is 5.18. The zero-order valence-corrected chi connectivity index (χ0v) is 13.3. The number of ketones is 1. The van der Waals surface area contributed by atoms with Crippen LogP contribution in [-0.4, -0.2) is 20.9 Å². The van der Waals surface area contributed by atoms with E-state index in [2.05, 4.69) is 15.1 Å². The number of aromatic nitrogens is 3. The van der Waals surface area contributed by atoms with E-state index in [0.29, 0.717) is 12.2 Å². The van der Waals surface area contributed by atoms with Crippen LogP contribution in [0.4, 0.5) is 0 Å². The van der Waals surface area contributed by atoms with Crippen molar-refractivity contribution in [3.05, 3.63) is 47.6 Å². The van der Waals surface area contributed by atoms with Crippen LogP contribution in [0.3, 0.4) is 0 Å². The quantitative estimate of drug-likeness (QED) is 0.499. The lowest BCUT2D eigenvalue weighted by molar-refractivity contribution is 0.0970. The molecule has 0 aliphatic rings. The Labute approximate surface area is 135 Å². The second kappa shape index (κ2) is 7.22. The molecule has 0 unspecified atom stereocenters. The number of aryl methyl sites for hydroxylation is 2. The summed E-state index contributed by atoms with van der Waals surface area (Å²) in [5, 5.41) is 3.88. The molecule has 0 saturated heterocycles. The molecule has 0 fully saturated rings. The number of carbonyl (C=O) groups excluding carboxylic acids is 1. The normalized spacial score (nSPS) is 11.2. The lowest BCUT2D eigenvalue weighted by atomic mass is 10.1. The Hall–Kier alpha value is -2.43. The Morgan fingerprint density at radius 2 is 2.00 bits per heavy atom. The average Bonchev–Trinajstić information content (AvgIpc) is 3.16. The van der Waals surface area contributed by atoms with Gasteiger partial charge in [-0.2, -0.15) is 0 Å². The summed E-state index contributed by atoms with van der Waals surface area (Å²) in [4.78, 5) is 19.6. The van der Waals surface area contributed by atoms with Gasteiger partial charge in [-0.1, -0.05) is 30.1 Å². The zero-order chi connectivity index (χ0) is 16.1. The minimum atomic E-state index is 0.0899. The number of H-pyrrole nitrogens is 1. The molecule has 0 radical (unpaired) electrons. The molecule has 1 aromatic carbocycles. The van der Waals surface area contributed by atoms with Gasteiger partial charge in [0.2, 0.25) is 0 Å². The first-order valence-electron chi connectivity index (χ1n) is 8.12. The van der Waals surface area contributed by atoms with E-state index in [4.69, 9.17) is 4.52 Å². The number of imidazole rings is 1. The van der Waals surface area contributed by atoms with E-state index in [-0.39, 0.29) is 5.78 Å². The summed E-state index contributed by atoms with van der Waals surface area (Å²) in [6, 6.07) is 9.68. The third kappa shape index (κ3) is 4.06. The van der Waals surface area contributed by atoms with Crippen molar-refractivity contribution in [2.75, 3.05) is 0 Å². The van der Waals surface area contributed by atoms with Crippen molar-refractivity contribution in [2.45, 2.75) is 45.4 Å². The number of aromatic amines is 1. The Kier molecular flexibility index (Phi) is 4.86. The SMILES string of the molecule is Cc1cc(CCCCCCC(=O)c2nc3ccccc3[nH]2)on1. The zero-order valence-electron chi connectivity index (χ0n) is 13.3. The van der Waals surface area contributed by atoms with Crippen molar-refractivity contribution in [1.82, 2.24) is 15.1 Å². The summed E-state index contributed by atoms with van der Waals surface area (Å²) in [6.45, 7) is 1.93. The van der Waals surface area contributed by atoms with Crippen LogP contribution in [-0.2, 0) is 6.42 Å². The highest BCUT2D eigenvalue weighted by Crippen LogP contribution is 2.14. The molecular weight excluding hydrogens is 290 g/mol. The van der Waals surface area contributed by atoms with E-state index >= 15 is 0 Å². The fourth-order valence-corrected chi connectivity index (χ4v) is 2.68. The molecule has 5 heteroatoms. The van der Waals surface area contributed by atoms with Crippen molar-refractivity contribution >= 4 is 16.8 Å². The molecule has 3 rings (SSSR count). The lowest BCUT2D eigenvalue weighted by Crippen LogP contribution is -2.01. The van der Waals surface area contributed by atoms with Crippen LogP contribution in [0.15, 0.2) is 34.9 Å². The van der Waals surface area contributed by atoms with E-state index in [1.54, 1.807) is 0 Å². The van der Waals surface area contributed by atoms with Crippen LogP contribution in [0.1, 0.15) is 54.2 Å². The number of benzene rings is 1. The van der Waals surface area contributed by atoms with Gasteiger partial charge in [-0.15, -0.1) is 0 Å². The third-order valence-corrected chi connectivity index (χ3v) is 3.91. The second-order valence-electron chi connectivity index (χ2n) is 5.87. The van der Waals surface area contributed by atoms with E-state index in [9.17, 15) is 4.79 Å². The van der Waals surface area contributed by atoms with Crippen LogP contribution >= 0.6 is 0 Å². The molecule has 23 heavy (non-hydrogen) atoms. The number of para-hydroxylation sites is 2. The first-order valence-corrected chi connectivity index (χ1v) is 8.12. The smallest absolute Gasteiger partial charge is 0.198 e. The van der Waals surface area contributed by atoms with Crippen LogP contribution in [0, 0.1) is 6.92 Å². The van der Waals surface area contributed by atoms with E-state index in [1.165, 1.54) is 0 Å². The molecule has 0 aliphatic carbocycles. The Morgan fingerprint density at radius 1 is 1.17 bits per heavy atom. The topological polar surface area (TPSA) is 71.8 Å². The molecule has 2 heterocycles. The molecule has 120 valence electrons. The summed E-state index contributed by atoms with van der Waals surface area (Å²) in [7, 11) is 0. The fraction of sp³-hybridized carbons (Fsp3) is 0.389. The molecule has 0 aliphatic heterocycles. The van der Waals surface area contributed by atoms with Gasteiger partial charge in [0.15, 0.2) is 11.6 Å². The summed E-state index contributed by atoms with van der Waals surface area (Å²) >= 11 is 0.